The number of aliphatic hydroxyl groups excluding tert-OH is 1. The van der Waals surface area contributed by atoms with Crippen molar-refractivity contribution >= 4 is 28.3 Å². The number of rotatable bonds is 8. The Balaban J connectivity index is 1.59. The third-order valence-electron chi connectivity index (χ3n) is 6.51. The third kappa shape index (κ3) is 5.33. The van der Waals surface area contributed by atoms with Gasteiger partial charge in [-0.25, -0.2) is 18.7 Å². The number of nitrogens with zero attached hydrogens (tertiary/aromatic N) is 6. The van der Waals surface area contributed by atoms with E-state index in [9.17, 15) is 14.6 Å². The minimum atomic E-state index is -0.940. The van der Waals surface area contributed by atoms with Crippen LogP contribution in [0.5, 0.6) is 17.8 Å². The highest BCUT2D eigenvalue weighted by Gasteiger charge is 2.28. The van der Waals surface area contributed by atoms with Crippen molar-refractivity contribution in [3.05, 3.63) is 71.5 Å². The minimum Gasteiger partial charge on any atom is -0.507 e. The Morgan fingerprint density at radius 3 is 2.48 bits per heavy atom. The molecule has 10 nitrogen and oxygen atoms in total. The fraction of sp³-hybridized carbons (Fsp3) is 0.259. The zero-order valence-corrected chi connectivity index (χ0v) is 22.1. The van der Waals surface area contributed by atoms with Crippen molar-refractivity contribution in [2.45, 2.75) is 12.8 Å². The second kappa shape index (κ2) is 11.5. The van der Waals surface area contributed by atoms with Gasteiger partial charge in [0.05, 0.1) is 17.7 Å². The Morgan fingerprint density at radius 2 is 1.82 bits per heavy atom. The van der Waals surface area contributed by atoms with E-state index in [0.717, 1.165) is 6.07 Å². The number of phenolic OH excluding ortho intramolecular Hbond substituents is 1. The summed E-state index contributed by atoms with van der Waals surface area (Å²) >= 11 is 6.49. The van der Waals surface area contributed by atoms with E-state index in [4.69, 9.17) is 21.1 Å². The van der Waals surface area contributed by atoms with Crippen molar-refractivity contribution in [2.75, 3.05) is 38.2 Å². The van der Waals surface area contributed by atoms with Crippen LogP contribution < -0.4 is 14.4 Å². The number of benzene rings is 2. The van der Waals surface area contributed by atoms with Crippen LogP contribution in [0.3, 0.4) is 0 Å². The SMILES string of the molecule is C=CC(O)N1CCN(c2nc(OCc3cnc(OC)nc3)nc3c(F)c(-c4c(O)cccc4F)c(Cl)cc23)CC1. The standard InChI is InChI=1S/C27H25ClF2N6O4/c1-3-20(38)35-7-9-36(10-8-35)25-16-11-17(28)21(22-18(29)5-4-6-19(22)37)23(30)24(16)33-27(34-25)40-14-15-12-31-26(39-2)32-13-15/h3-6,11-13,20,37-38H,1,7-10,14H2,2H3. The maximum Gasteiger partial charge on any atom is 0.319 e. The van der Waals surface area contributed by atoms with Crippen LogP contribution in [0.25, 0.3) is 22.0 Å². The number of aromatic nitrogens is 4. The molecule has 0 spiro atoms. The average Bonchev–Trinajstić information content (AvgIpc) is 2.97. The third-order valence-corrected chi connectivity index (χ3v) is 6.81. The fourth-order valence-corrected chi connectivity index (χ4v) is 4.76. The minimum absolute atomic E-state index is 0.0234. The smallest absolute Gasteiger partial charge is 0.319 e. The monoisotopic (exact) mass is 570 g/mol. The molecule has 1 fully saturated rings. The van der Waals surface area contributed by atoms with Gasteiger partial charge in [-0.3, -0.25) is 4.90 Å². The number of hydrogen-bond acceptors (Lipinski definition) is 10. The molecule has 1 aliphatic heterocycles. The van der Waals surface area contributed by atoms with Crippen LogP contribution >= 0.6 is 11.6 Å². The highest BCUT2D eigenvalue weighted by Crippen LogP contribution is 2.42. The Morgan fingerprint density at radius 1 is 1.10 bits per heavy atom. The molecule has 0 saturated carbocycles. The lowest BCUT2D eigenvalue weighted by Gasteiger charge is -2.37. The van der Waals surface area contributed by atoms with Crippen LogP contribution in [0.1, 0.15) is 5.56 Å². The lowest BCUT2D eigenvalue weighted by Crippen LogP contribution is -2.50. The molecule has 13 heteroatoms. The van der Waals surface area contributed by atoms with Gasteiger partial charge in [-0.2, -0.15) is 9.97 Å². The zero-order valence-electron chi connectivity index (χ0n) is 21.4. The van der Waals surface area contributed by atoms with Crippen molar-refractivity contribution in [3.63, 3.8) is 0 Å². The van der Waals surface area contributed by atoms with E-state index in [-0.39, 0.29) is 45.7 Å². The second-order valence-electron chi connectivity index (χ2n) is 8.95. The molecule has 4 aromatic rings. The molecule has 2 aromatic heterocycles. The number of fused-ring (bicyclic) bond motifs is 1. The number of aliphatic hydroxyl groups is 1. The summed E-state index contributed by atoms with van der Waals surface area (Å²) < 4.78 is 41.7. The van der Waals surface area contributed by atoms with Crippen molar-refractivity contribution in [1.82, 2.24) is 24.8 Å². The molecule has 2 N–H and O–H groups in total. The van der Waals surface area contributed by atoms with Gasteiger partial charge in [0.1, 0.15) is 35.7 Å². The van der Waals surface area contributed by atoms with Crippen molar-refractivity contribution < 1.29 is 28.5 Å². The molecule has 1 saturated heterocycles. The van der Waals surface area contributed by atoms with Crippen molar-refractivity contribution in [1.29, 1.82) is 0 Å². The van der Waals surface area contributed by atoms with Crippen molar-refractivity contribution in [3.8, 4) is 28.9 Å². The number of anilines is 1. The van der Waals surface area contributed by atoms with Gasteiger partial charge in [0.25, 0.3) is 0 Å². The van der Waals surface area contributed by atoms with Crippen LogP contribution in [0.4, 0.5) is 14.6 Å². The van der Waals surface area contributed by atoms with E-state index in [2.05, 4.69) is 26.5 Å². The number of aromatic hydroxyl groups is 1. The lowest BCUT2D eigenvalue weighted by atomic mass is 10.0. The molecule has 1 aliphatic rings. The predicted octanol–water partition coefficient (Wildman–Crippen LogP) is 3.94. The van der Waals surface area contributed by atoms with Gasteiger partial charge >= 0.3 is 12.0 Å². The van der Waals surface area contributed by atoms with E-state index in [1.807, 2.05) is 9.80 Å². The molecule has 0 aliphatic carbocycles. The lowest BCUT2D eigenvalue weighted by molar-refractivity contribution is 0.0379. The average molecular weight is 571 g/mol. The summed E-state index contributed by atoms with van der Waals surface area (Å²) in [5.41, 5.74) is -0.284. The van der Waals surface area contributed by atoms with Gasteiger partial charge in [0, 0.05) is 55.1 Å². The van der Waals surface area contributed by atoms with E-state index in [1.54, 1.807) is 0 Å². The van der Waals surface area contributed by atoms with Gasteiger partial charge < -0.3 is 24.6 Å². The first kappa shape index (κ1) is 27.4. The molecule has 1 unspecified atom stereocenters. The van der Waals surface area contributed by atoms with Crippen LogP contribution in [0.15, 0.2) is 49.3 Å². The predicted molar refractivity (Wildman–Crippen MR) is 144 cm³/mol. The van der Waals surface area contributed by atoms with Crippen LogP contribution in [0.2, 0.25) is 5.02 Å². The highest BCUT2D eigenvalue weighted by atomic mass is 35.5. The molecular weight excluding hydrogens is 546 g/mol. The van der Waals surface area contributed by atoms with Gasteiger partial charge in [-0.1, -0.05) is 24.2 Å². The molecule has 1 atom stereocenters. The Hall–Kier alpha value is -4.13. The zero-order chi connectivity index (χ0) is 28.4. The first-order valence-corrected chi connectivity index (χ1v) is 12.6. The summed E-state index contributed by atoms with van der Waals surface area (Å²) in [5, 5.41) is 20.6. The second-order valence-corrected chi connectivity index (χ2v) is 9.35. The highest BCUT2D eigenvalue weighted by molar-refractivity contribution is 6.34. The molecule has 0 bridgehead atoms. The molecule has 208 valence electrons. The number of ether oxygens (including phenoxy) is 2. The van der Waals surface area contributed by atoms with E-state index >= 15 is 4.39 Å². The maximum atomic E-state index is 16.2. The van der Waals surface area contributed by atoms with Gasteiger partial charge in [-0.05, 0) is 24.3 Å². The number of methoxy groups -OCH3 is 1. The molecule has 0 radical (unpaired) electrons. The number of hydrogen-bond donors (Lipinski definition) is 2. The molecule has 3 heterocycles. The number of piperazine rings is 1. The Kier molecular flexibility index (Phi) is 7.92. The van der Waals surface area contributed by atoms with E-state index in [1.165, 1.54) is 43.8 Å². The number of phenols is 1. The first-order chi connectivity index (χ1) is 19.3. The molecule has 5 rings (SSSR count). The summed E-state index contributed by atoms with van der Waals surface area (Å²) in [6, 6.07) is 5.14. The van der Waals surface area contributed by atoms with Gasteiger partial charge in [-0.15, -0.1) is 0 Å². The van der Waals surface area contributed by atoms with Crippen LogP contribution in [0, 0.1) is 11.6 Å². The van der Waals surface area contributed by atoms with Crippen molar-refractivity contribution in [2.24, 2.45) is 0 Å². The molecular formula is C27H25ClF2N6O4. The van der Waals surface area contributed by atoms with Gasteiger partial charge in [0.2, 0.25) is 0 Å². The first-order valence-electron chi connectivity index (χ1n) is 12.3. The van der Waals surface area contributed by atoms with Crippen LogP contribution in [-0.2, 0) is 6.61 Å². The molecule has 40 heavy (non-hydrogen) atoms. The van der Waals surface area contributed by atoms with E-state index < -0.39 is 23.6 Å². The van der Waals surface area contributed by atoms with E-state index in [0.29, 0.717) is 37.6 Å². The fourth-order valence-electron chi connectivity index (χ4n) is 4.47. The quantitative estimate of drug-likeness (QED) is 0.302. The largest absolute Gasteiger partial charge is 0.507 e. The normalized spacial score (nSPS) is 14.8. The molecule has 2 aromatic carbocycles. The topological polar surface area (TPSA) is 117 Å². The maximum absolute atomic E-state index is 16.2. The van der Waals surface area contributed by atoms with Gasteiger partial charge in [0.15, 0.2) is 5.82 Å². The summed E-state index contributed by atoms with van der Waals surface area (Å²) in [5.74, 6) is -1.90. The number of halogens is 3. The summed E-state index contributed by atoms with van der Waals surface area (Å²) in [4.78, 5) is 20.7. The Bertz CT molecular complexity index is 1530. The summed E-state index contributed by atoms with van der Waals surface area (Å²) in [6.45, 7) is 5.45. The Labute approximate surface area is 233 Å². The van der Waals surface area contributed by atoms with Crippen LogP contribution in [-0.4, -0.2) is 74.6 Å². The summed E-state index contributed by atoms with van der Waals surface area (Å²) in [6.07, 6.45) is 3.67. The summed E-state index contributed by atoms with van der Waals surface area (Å²) in [7, 11) is 1.45. The molecule has 0 amide bonds.